The van der Waals surface area contributed by atoms with Gasteiger partial charge in [0.1, 0.15) is 37.7 Å². The molecule has 2 amide bonds. The number of unbranched alkanes of at least 4 members (excludes halogenated alkanes) is 4. The van der Waals surface area contributed by atoms with Crippen LogP contribution in [-0.2, 0) is 86.3 Å². The van der Waals surface area contributed by atoms with E-state index in [1.807, 2.05) is 13.8 Å². The van der Waals surface area contributed by atoms with Gasteiger partial charge in [0.25, 0.3) is 0 Å². The van der Waals surface area contributed by atoms with Gasteiger partial charge in [-0.05, 0) is 37.9 Å². The minimum Gasteiger partial charge on any atom is -0.481 e. The number of carbonyl (C=O) groups is 14. The molecule has 440 valence electrons. The molecular formula is C43H77N7O23S3. The molecule has 30 nitrogen and oxygen atoms in total. The summed E-state index contributed by atoms with van der Waals surface area (Å²) in [5, 5.41) is 52.8. The van der Waals surface area contributed by atoms with Crippen LogP contribution in [0.25, 0.3) is 0 Å². The van der Waals surface area contributed by atoms with Crippen LogP contribution >= 0.6 is 36.5 Å². The Labute approximate surface area is 454 Å². The number of aliphatic carboxylic acids is 5. The number of primary amides is 1. The first-order valence-electron chi connectivity index (χ1n) is 21.9. The fourth-order valence-corrected chi connectivity index (χ4v) is 3.31. The van der Waals surface area contributed by atoms with E-state index in [1.165, 1.54) is 0 Å². The molecule has 0 aliphatic carbocycles. The molecule has 0 aliphatic rings. The number of hydrogen-bond donors (Lipinski definition) is 12. The molecule has 76 heavy (non-hydrogen) atoms. The Balaban J connectivity index is -0.0000000702. The molecule has 0 bridgehead atoms. The zero-order valence-corrected chi connectivity index (χ0v) is 45.1. The molecule has 0 radical (unpaired) electrons. The number of nitrogens with zero attached hydrogens (tertiary/aromatic N) is 1. The van der Waals surface area contributed by atoms with Crippen LogP contribution in [0.5, 0.6) is 0 Å². The summed E-state index contributed by atoms with van der Waals surface area (Å²) in [6.07, 6.45) is 12.1. The highest BCUT2D eigenvalue weighted by molar-refractivity contribution is 7.97. The number of guanidine groups is 1. The van der Waals surface area contributed by atoms with E-state index in [0.717, 1.165) is 74.5 Å². The number of Topliss-reactive ketones (excluding diaryl/α,β-unsaturated/α-hetero) is 1. The third-order valence-electron chi connectivity index (χ3n) is 5.82. The van der Waals surface area contributed by atoms with E-state index in [-0.39, 0.29) is 87.9 Å². The number of nitrogens with two attached hydrogens (primary N) is 5. The van der Waals surface area contributed by atoms with E-state index in [1.54, 1.807) is 0 Å². The molecule has 0 heterocycles. The van der Waals surface area contributed by atoms with E-state index in [9.17, 15) is 67.1 Å². The van der Waals surface area contributed by atoms with Crippen molar-refractivity contribution in [1.82, 2.24) is 5.32 Å². The lowest BCUT2D eigenvalue weighted by Crippen LogP contribution is -2.29. The Morgan fingerprint density at radius 2 is 0.842 bits per heavy atom. The summed E-state index contributed by atoms with van der Waals surface area (Å²) in [7, 11) is 0. The monoisotopic (exact) mass is 1160 g/mol. The van der Waals surface area contributed by atoms with Gasteiger partial charge in [-0.2, -0.15) is 31.8 Å². The van der Waals surface area contributed by atoms with Gasteiger partial charge in [-0.25, -0.2) is 0 Å². The van der Waals surface area contributed by atoms with Crippen LogP contribution in [0.15, 0.2) is 4.99 Å². The maximum Gasteiger partial charge on any atom is 0.373 e. The van der Waals surface area contributed by atoms with Gasteiger partial charge < -0.3 is 76.8 Å². The zero-order chi connectivity index (χ0) is 61.7. The van der Waals surface area contributed by atoms with E-state index in [0.29, 0.717) is 81.6 Å². The van der Waals surface area contributed by atoms with Crippen molar-refractivity contribution in [2.24, 2.45) is 32.5 Å². The standard InChI is InChI=1S/C8H14N2O4S.C6H13N3O.C5H9NO3.2C5H8O3.C3H7NO2S.C3H6OS.2C3H6O.2CO2/c9-15-4-3-7(12)10-5-6(11)1-2-8(13)14;7-6(8)9-4-2-1-3-5-10;6-4(7)2-1-3-5(8)9;2*6-4-2-1-3-5(7)8;4-7-2-1-3(5)6;4-2-1-3-5;2*1-2-3-4;2*2-1-3/h1-5,9H2,(H,10,12)(H,13,14);5H,1-4H2,(H4,7,8,9);1-3H2,(H2,6,7)(H,8,9);2*4H,1-3H2,(H,7,8);1-2,4H2,(H,5,6);2,5H,1,3H2;2*3H,2H2,1H3;;. The highest BCUT2D eigenvalue weighted by atomic mass is 32.2. The highest BCUT2D eigenvalue weighted by Gasteiger charge is 2.07. The topological polar surface area (TPSA) is 563 Å². The predicted molar refractivity (Wildman–Crippen MR) is 279 cm³/mol. The second kappa shape index (κ2) is 97.3. The molecule has 0 aromatic rings. The second-order valence-electron chi connectivity index (χ2n) is 12.4. The summed E-state index contributed by atoms with van der Waals surface area (Å²) >= 11 is 5.87. The Bertz CT molecular complexity index is 1520. The number of hydrogen-bond acceptors (Lipinski definition) is 24. The van der Waals surface area contributed by atoms with Gasteiger partial charge in [0, 0.05) is 95.1 Å². The molecule has 16 N–H and O–H groups in total. The molecule has 0 unspecified atom stereocenters. The molecule has 0 aromatic heterocycles. The number of thiol groups is 1. The van der Waals surface area contributed by atoms with Gasteiger partial charge in [0.05, 0.1) is 19.4 Å². The van der Waals surface area contributed by atoms with Crippen molar-refractivity contribution in [3.8, 4) is 0 Å². The van der Waals surface area contributed by atoms with Gasteiger partial charge in [-0.3, -0.25) is 53.6 Å². The lowest BCUT2D eigenvalue weighted by Gasteiger charge is -2.02. The Hall–Kier alpha value is -7.02. The molecule has 33 heteroatoms. The van der Waals surface area contributed by atoms with Crippen molar-refractivity contribution >= 4 is 140 Å². The van der Waals surface area contributed by atoms with Gasteiger partial charge >= 0.3 is 42.1 Å². The molecule has 0 fully saturated rings. The fraction of sp³-hybridized carbons (Fsp3) is 0.605. The third kappa shape index (κ3) is 202. The number of aldehydes is 6. The van der Waals surface area contributed by atoms with Crippen LogP contribution in [-0.4, -0.2) is 159 Å². The summed E-state index contributed by atoms with van der Waals surface area (Å²) in [5.41, 5.74) is 14.9. The Morgan fingerprint density at radius 1 is 0.500 bits per heavy atom. The Morgan fingerprint density at radius 3 is 1.11 bits per heavy atom. The number of carboxylic acid groups (broad SMARTS) is 5. The molecule has 0 aliphatic heterocycles. The molecular weight excluding hydrogens is 1080 g/mol. The number of rotatable bonds is 32. The number of nitrogens with one attached hydrogen (secondary N) is 1. The van der Waals surface area contributed by atoms with Crippen LogP contribution in [0, 0.1) is 0 Å². The molecule has 0 rings (SSSR count). The number of ketones is 1. The summed E-state index contributed by atoms with van der Waals surface area (Å²) < 4.78 is 0. The maximum absolute atomic E-state index is 11.0. The molecule has 0 spiro atoms. The van der Waals surface area contributed by atoms with Crippen LogP contribution in [0.4, 0.5) is 0 Å². The van der Waals surface area contributed by atoms with Crippen LogP contribution in [0.3, 0.4) is 0 Å². The number of carboxylic acids is 5. The first kappa shape index (κ1) is 94.8. The van der Waals surface area contributed by atoms with E-state index in [4.69, 9.17) is 72.2 Å². The molecule has 0 saturated heterocycles. The number of aliphatic imine (C=N–C) groups is 1. The average molecular weight is 1160 g/mol. The SMILES string of the molecule is CCC=O.CCC=O.NC(=O)CCCC(=O)O.NC(N)=NCCCCC=O.NSCCC(=O)NCC(=O)CCC(=O)O.NSCCC(=O)O.O=C=O.O=C=O.O=CCCCC(=O)O.O=CCCCC(=O)O.O=CCCS. The van der Waals surface area contributed by atoms with E-state index >= 15 is 0 Å². The maximum atomic E-state index is 11.0. The first-order chi connectivity index (χ1) is 35.8. The molecule has 0 atom stereocenters. The van der Waals surface area contributed by atoms with Crippen molar-refractivity contribution in [2.45, 2.75) is 136 Å². The van der Waals surface area contributed by atoms with E-state index in [2.05, 4.69) is 22.9 Å². The summed E-state index contributed by atoms with van der Waals surface area (Å²) in [6.45, 7) is 4.14. The van der Waals surface area contributed by atoms with Crippen LogP contribution < -0.4 is 32.8 Å². The summed E-state index contributed by atoms with van der Waals surface area (Å²) in [5.74, 6) is -3.60. The Kier molecular flexibility index (Phi) is 121. The van der Waals surface area contributed by atoms with Gasteiger partial charge in [0.15, 0.2) is 11.7 Å². The average Bonchev–Trinajstić information content (AvgIpc) is 3.35. The minimum atomic E-state index is -1.02. The van der Waals surface area contributed by atoms with E-state index < -0.39 is 35.8 Å². The van der Waals surface area contributed by atoms with Crippen molar-refractivity contribution in [3.05, 3.63) is 0 Å². The summed E-state index contributed by atoms with van der Waals surface area (Å²) in [6, 6.07) is 0. The van der Waals surface area contributed by atoms with Crippen molar-refractivity contribution in [3.63, 3.8) is 0 Å². The van der Waals surface area contributed by atoms with Crippen molar-refractivity contribution < 1.29 is 112 Å². The first-order valence-corrected chi connectivity index (χ1v) is 24.6. The highest BCUT2D eigenvalue weighted by Crippen LogP contribution is 1.95. The second-order valence-corrected chi connectivity index (χ2v) is 14.4. The summed E-state index contributed by atoms with van der Waals surface area (Å²) in [4.78, 5) is 174. The quantitative estimate of drug-likeness (QED) is 0.0108. The van der Waals surface area contributed by atoms with Crippen molar-refractivity contribution in [2.75, 3.05) is 30.3 Å². The normalized spacial score (nSPS) is 8.07. The third-order valence-corrected chi connectivity index (χ3v) is 6.96. The number of carbonyl (C=O) groups excluding carboxylic acids is 13. The van der Waals surface area contributed by atoms with Crippen LogP contribution in [0.1, 0.15) is 136 Å². The largest absolute Gasteiger partial charge is 0.481 e. The lowest BCUT2D eigenvalue weighted by molar-refractivity contribution is -0.193. The van der Waals surface area contributed by atoms with Gasteiger partial charge in [-0.1, -0.05) is 37.7 Å². The molecule has 0 aromatic carbocycles. The predicted octanol–water partition coefficient (Wildman–Crippen LogP) is 0.366. The fourth-order valence-electron chi connectivity index (χ4n) is 2.61. The van der Waals surface area contributed by atoms with Crippen LogP contribution in [0.2, 0.25) is 0 Å². The van der Waals surface area contributed by atoms with Crippen molar-refractivity contribution in [1.29, 1.82) is 0 Å². The minimum absolute atomic E-state index is 0.0168. The van der Waals surface area contributed by atoms with Gasteiger partial charge in [0.2, 0.25) is 11.8 Å². The number of amides is 2. The lowest BCUT2D eigenvalue weighted by atomic mass is 10.2. The smallest absolute Gasteiger partial charge is 0.373 e. The molecule has 0 saturated carbocycles. The zero-order valence-electron chi connectivity index (χ0n) is 42.6. The van der Waals surface area contributed by atoms with Gasteiger partial charge in [-0.15, -0.1) is 0 Å².